The fourth-order valence-corrected chi connectivity index (χ4v) is 3.37. The predicted molar refractivity (Wildman–Crippen MR) is 91.7 cm³/mol. The van der Waals surface area contributed by atoms with Crippen LogP contribution in [0.15, 0.2) is 51.4 Å². The molecule has 0 bridgehead atoms. The Morgan fingerprint density at radius 1 is 1.05 bits per heavy atom. The van der Waals surface area contributed by atoms with Crippen LogP contribution < -0.4 is 10.5 Å². The van der Waals surface area contributed by atoms with Crippen LogP contribution in [-0.4, -0.2) is 20.3 Å². The van der Waals surface area contributed by atoms with E-state index in [1.54, 1.807) is 7.11 Å². The minimum absolute atomic E-state index is 0.252. The molecule has 2 aromatic rings. The Labute approximate surface area is 141 Å². The molecular formula is C16H17Br2NO2. The molecule has 0 aliphatic rings. The Hall–Kier alpha value is -0.880. The fourth-order valence-electron chi connectivity index (χ4n) is 2.04. The number of hydrogen-bond acceptors (Lipinski definition) is 3. The summed E-state index contributed by atoms with van der Waals surface area (Å²) in [5.74, 6) is 0.790. The summed E-state index contributed by atoms with van der Waals surface area (Å²) in [4.78, 5) is 0. The van der Waals surface area contributed by atoms with Gasteiger partial charge in [-0.1, -0.05) is 50.1 Å². The van der Waals surface area contributed by atoms with Gasteiger partial charge in [0.15, 0.2) is 0 Å². The first-order valence-electron chi connectivity index (χ1n) is 6.54. The molecule has 0 saturated carbocycles. The second-order valence-corrected chi connectivity index (χ2v) is 6.39. The Balaban J connectivity index is 2.27. The maximum Gasteiger partial charge on any atom is 0.124 e. The van der Waals surface area contributed by atoms with Crippen molar-refractivity contribution in [2.75, 3.05) is 20.3 Å². The highest BCUT2D eigenvalue weighted by Crippen LogP contribution is 2.31. The molecule has 0 fully saturated rings. The van der Waals surface area contributed by atoms with Crippen molar-refractivity contribution < 1.29 is 9.47 Å². The van der Waals surface area contributed by atoms with Crippen LogP contribution in [0.3, 0.4) is 0 Å². The number of halogens is 2. The van der Waals surface area contributed by atoms with Crippen molar-refractivity contribution in [3.05, 3.63) is 62.5 Å². The first kappa shape index (κ1) is 16.5. The highest BCUT2D eigenvalue weighted by Gasteiger charge is 2.15. The van der Waals surface area contributed by atoms with E-state index in [-0.39, 0.29) is 6.04 Å². The highest BCUT2D eigenvalue weighted by molar-refractivity contribution is 9.11. The van der Waals surface area contributed by atoms with Crippen molar-refractivity contribution in [1.29, 1.82) is 0 Å². The topological polar surface area (TPSA) is 44.5 Å². The van der Waals surface area contributed by atoms with E-state index in [1.165, 1.54) is 0 Å². The summed E-state index contributed by atoms with van der Waals surface area (Å²) < 4.78 is 12.7. The van der Waals surface area contributed by atoms with Crippen LogP contribution in [0.25, 0.3) is 0 Å². The van der Waals surface area contributed by atoms with Gasteiger partial charge in [-0.15, -0.1) is 0 Å². The van der Waals surface area contributed by atoms with Gasteiger partial charge in [-0.25, -0.2) is 0 Å². The smallest absolute Gasteiger partial charge is 0.124 e. The molecule has 0 radical (unpaired) electrons. The Morgan fingerprint density at radius 3 is 2.38 bits per heavy atom. The molecule has 5 heteroatoms. The number of benzene rings is 2. The quantitative estimate of drug-likeness (QED) is 0.717. The van der Waals surface area contributed by atoms with Gasteiger partial charge in [0.05, 0.1) is 12.6 Å². The molecule has 2 aromatic carbocycles. The van der Waals surface area contributed by atoms with E-state index in [1.807, 2.05) is 42.5 Å². The summed E-state index contributed by atoms with van der Waals surface area (Å²) in [6.45, 7) is 1.05. The summed E-state index contributed by atoms with van der Waals surface area (Å²) in [6, 6.07) is 13.6. The van der Waals surface area contributed by atoms with Gasteiger partial charge in [0.25, 0.3) is 0 Å². The lowest BCUT2D eigenvalue weighted by atomic mass is 9.99. The van der Waals surface area contributed by atoms with Gasteiger partial charge in [0.2, 0.25) is 0 Å². The van der Waals surface area contributed by atoms with Crippen molar-refractivity contribution >= 4 is 31.9 Å². The number of rotatable bonds is 6. The monoisotopic (exact) mass is 413 g/mol. The largest absolute Gasteiger partial charge is 0.491 e. The summed E-state index contributed by atoms with van der Waals surface area (Å²) in [7, 11) is 1.65. The molecule has 112 valence electrons. The minimum atomic E-state index is -0.252. The molecule has 2 N–H and O–H groups in total. The first-order chi connectivity index (χ1) is 10.1. The maximum absolute atomic E-state index is 6.41. The average molecular weight is 415 g/mol. The highest BCUT2D eigenvalue weighted by atomic mass is 79.9. The second-order valence-electron chi connectivity index (χ2n) is 4.56. The SMILES string of the molecule is COCCOc1ccccc1C(N)c1cc(Br)cc(Br)c1. The molecule has 2 rings (SSSR count). The van der Waals surface area contributed by atoms with Crippen LogP contribution in [-0.2, 0) is 4.74 Å². The van der Waals surface area contributed by atoms with E-state index in [9.17, 15) is 0 Å². The molecule has 1 unspecified atom stereocenters. The molecule has 0 saturated heterocycles. The zero-order valence-electron chi connectivity index (χ0n) is 11.7. The standard InChI is InChI=1S/C16H17Br2NO2/c1-20-6-7-21-15-5-3-2-4-14(15)16(19)11-8-12(17)10-13(18)9-11/h2-5,8-10,16H,6-7,19H2,1H3. The van der Waals surface area contributed by atoms with Gasteiger partial charge in [-0.05, 0) is 29.8 Å². The number of ether oxygens (including phenoxy) is 2. The van der Waals surface area contributed by atoms with E-state index >= 15 is 0 Å². The Kier molecular flexibility index (Phi) is 6.23. The summed E-state index contributed by atoms with van der Waals surface area (Å²) in [5.41, 5.74) is 8.38. The van der Waals surface area contributed by atoms with E-state index in [2.05, 4.69) is 31.9 Å². The molecule has 0 aliphatic carbocycles. The van der Waals surface area contributed by atoms with Gasteiger partial charge < -0.3 is 15.2 Å². The number of methoxy groups -OCH3 is 1. The van der Waals surface area contributed by atoms with Crippen molar-refractivity contribution in [2.45, 2.75) is 6.04 Å². The summed E-state index contributed by atoms with van der Waals surface area (Å²) in [5, 5.41) is 0. The lowest BCUT2D eigenvalue weighted by Crippen LogP contribution is -2.14. The number of nitrogens with two attached hydrogens (primary N) is 1. The lowest BCUT2D eigenvalue weighted by molar-refractivity contribution is 0.145. The van der Waals surface area contributed by atoms with Crippen LogP contribution >= 0.6 is 31.9 Å². The predicted octanol–water partition coefficient (Wildman–Crippen LogP) is 4.28. The van der Waals surface area contributed by atoms with E-state index in [0.29, 0.717) is 13.2 Å². The van der Waals surface area contributed by atoms with Crippen LogP contribution in [0.5, 0.6) is 5.75 Å². The normalized spacial score (nSPS) is 12.2. The minimum Gasteiger partial charge on any atom is -0.491 e. The zero-order chi connectivity index (χ0) is 15.2. The lowest BCUT2D eigenvalue weighted by Gasteiger charge is -2.18. The first-order valence-corrected chi connectivity index (χ1v) is 8.12. The second kappa shape index (κ2) is 7.94. The van der Waals surface area contributed by atoms with Crippen molar-refractivity contribution in [3.8, 4) is 5.75 Å². The van der Waals surface area contributed by atoms with Crippen molar-refractivity contribution in [1.82, 2.24) is 0 Å². The molecule has 3 nitrogen and oxygen atoms in total. The summed E-state index contributed by atoms with van der Waals surface area (Å²) in [6.07, 6.45) is 0. The van der Waals surface area contributed by atoms with Gasteiger partial charge >= 0.3 is 0 Å². The van der Waals surface area contributed by atoms with Crippen molar-refractivity contribution in [3.63, 3.8) is 0 Å². The maximum atomic E-state index is 6.41. The van der Waals surface area contributed by atoms with E-state index < -0.39 is 0 Å². The Morgan fingerprint density at radius 2 is 1.71 bits per heavy atom. The van der Waals surface area contributed by atoms with Crippen molar-refractivity contribution in [2.24, 2.45) is 5.73 Å². The molecular weight excluding hydrogens is 398 g/mol. The third-order valence-electron chi connectivity index (χ3n) is 3.04. The van der Waals surface area contributed by atoms with Crippen LogP contribution in [0, 0.1) is 0 Å². The zero-order valence-corrected chi connectivity index (χ0v) is 14.9. The molecule has 0 heterocycles. The average Bonchev–Trinajstić information content (AvgIpc) is 2.46. The van der Waals surface area contributed by atoms with Crippen LogP contribution in [0.4, 0.5) is 0 Å². The van der Waals surface area contributed by atoms with Crippen LogP contribution in [0.2, 0.25) is 0 Å². The van der Waals surface area contributed by atoms with Crippen LogP contribution in [0.1, 0.15) is 17.2 Å². The third kappa shape index (κ3) is 4.54. The molecule has 0 aromatic heterocycles. The van der Waals surface area contributed by atoms with E-state index in [0.717, 1.165) is 25.8 Å². The molecule has 0 spiro atoms. The third-order valence-corrected chi connectivity index (χ3v) is 3.96. The van der Waals surface area contributed by atoms with Gasteiger partial charge in [0, 0.05) is 21.6 Å². The fraction of sp³-hybridized carbons (Fsp3) is 0.250. The Bertz CT molecular complexity index is 584. The molecule has 21 heavy (non-hydrogen) atoms. The van der Waals surface area contributed by atoms with E-state index in [4.69, 9.17) is 15.2 Å². The van der Waals surface area contributed by atoms with Gasteiger partial charge in [-0.2, -0.15) is 0 Å². The molecule has 1 atom stereocenters. The summed E-state index contributed by atoms with van der Waals surface area (Å²) >= 11 is 6.98. The molecule has 0 aliphatic heterocycles. The number of para-hydroxylation sites is 1. The number of hydrogen-bond donors (Lipinski definition) is 1. The van der Waals surface area contributed by atoms with Gasteiger partial charge in [0.1, 0.15) is 12.4 Å². The molecule has 0 amide bonds. The van der Waals surface area contributed by atoms with Gasteiger partial charge in [-0.3, -0.25) is 0 Å².